The molecule has 1 unspecified atom stereocenters. The summed E-state index contributed by atoms with van der Waals surface area (Å²) in [5.41, 5.74) is 1.30. The molecule has 3 N–H and O–H groups in total. The van der Waals surface area contributed by atoms with Gasteiger partial charge < -0.3 is 20.7 Å². The number of hydrogen-bond acceptors (Lipinski definition) is 6. The average molecular weight is 597 g/mol. The Morgan fingerprint density at radius 2 is 1.85 bits per heavy atom. The van der Waals surface area contributed by atoms with Gasteiger partial charge in [0.15, 0.2) is 0 Å². The van der Waals surface area contributed by atoms with Crippen LogP contribution in [0.15, 0.2) is 42.5 Å². The summed E-state index contributed by atoms with van der Waals surface area (Å²) in [6.07, 6.45) is 0.931. The van der Waals surface area contributed by atoms with E-state index in [2.05, 4.69) is 16.0 Å². The summed E-state index contributed by atoms with van der Waals surface area (Å²) >= 11 is 6.07. The molecule has 40 heavy (non-hydrogen) atoms. The summed E-state index contributed by atoms with van der Waals surface area (Å²) in [5, 5.41) is 9.23. The van der Waals surface area contributed by atoms with Gasteiger partial charge in [0, 0.05) is 47.4 Å². The van der Waals surface area contributed by atoms with Gasteiger partial charge in [-0.15, -0.1) is 0 Å². The van der Waals surface area contributed by atoms with Crippen LogP contribution in [0.5, 0.6) is 0 Å². The third kappa shape index (κ3) is 7.93. The van der Waals surface area contributed by atoms with E-state index in [4.69, 9.17) is 16.3 Å². The van der Waals surface area contributed by atoms with Gasteiger partial charge in [0.2, 0.25) is 15.9 Å². The molecule has 2 amide bonds. The number of amides is 2. The molecule has 1 saturated heterocycles. The topological polar surface area (TPSA) is 117 Å². The number of rotatable bonds is 10. The fourth-order valence-electron chi connectivity index (χ4n) is 5.43. The number of sulfonamides is 1. The van der Waals surface area contributed by atoms with Gasteiger partial charge in [-0.2, -0.15) is 4.31 Å². The summed E-state index contributed by atoms with van der Waals surface area (Å²) in [5.74, 6) is -1.59. The first-order valence-electron chi connectivity index (χ1n) is 13.2. The fraction of sp³-hybridized carbons (Fsp3) is 0.500. The van der Waals surface area contributed by atoms with E-state index >= 15 is 4.39 Å². The number of piperazine rings is 1. The Morgan fingerprint density at radius 1 is 1.18 bits per heavy atom. The summed E-state index contributed by atoms with van der Waals surface area (Å²) in [7, 11) is -2.26. The second-order valence-corrected chi connectivity index (χ2v) is 12.8. The molecule has 3 rings (SSSR count). The molecule has 1 aliphatic rings. The molecule has 0 saturated carbocycles. The molecule has 0 aromatic heterocycles. The first-order valence-corrected chi connectivity index (χ1v) is 15.4. The van der Waals surface area contributed by atoms with Gasteiger partial charge >= 0.3 is 6.09 Å². The molecule has 0 aliphatic carbocycles. The van der Waals surface area contributed by atoms with E-state index in [-0.39, 0.29) is 35.7 Å². The SMILES string of the molecule is COC(=O)N[C@H](C(=O)Nc1cccc(F)c1CC[C@H]1CNC[C@H](C)N1S(C)(=O)=O)C(c1ccc(Cl)cc1)C(C)C. The molecular formula is C28H38ClFN4O5S. The van der Waals surface area contributed by atoms with Crippen molar-refractivity contribution < 1.29 is 27.1 Å². The van der Waals surface area contributed by atoms with E-state index in [1.54, 1.807) is 30.3 Å². The minimum Gasteiger partial charge on any atom is -0.453 e. The van der Waals surface area contributed by atoms with Crippen LogP contribution in [0, 0.1) is 11.7 Å². The van der Waals surface area contributed by atoms with Crippen LogP contribution in [0.3, 0.4) is 0 Å². The van der Waals surface area contributed by atoms with Gasteiger partial charge in [-0.1, -0.05) is 43.6 Å². The highest BCUT2D eigenvalue weighted by molar-refractivity contribution is 7.88. The van der Waals surface area contributed by atoms with Crippen molar-refractivity contribution in [2.75, 3.05) is 31.8 Å². The van der Waals surface area contributed by atoms with Crippen molar-refractivity contribution in [3.63, 3.8) is 0 Å². The highest BCUT2D eigenvalue weighted by atomic mass is 35.5. The van der Waals surface area contributed by atoms with Crippen molar-refractivity contribution in [3.8, 4) is 0 Å². The molecular weight excluding hydrogens is 559 g/mol. The van der Waals surface area contributed by atoms with Crippen LogP contribution in [0.2, 0.25) is 5.02 Å². The van der Waals surface area contributed by atoms with Crippen LogP contribution in [-0.2, 0) is 26.0 Å². The van der Waals surface area contributed by atoms with Crippen LogP contribution < -0.4 is 16.0 Å². The highest BCUT2D eigenvalue weighted by Gasteiger charge is 2.36. The molecule has 2 aromatic rings. The zero-order valence-electron chi connectivity index (χ0n) is 23.4. The average Bonchev–Trinajstić information content (AvgIpc) is 2.88. The van der Waals surface area contributed by atoms with E-state index in [1.165, 1.54) is 29.8 Å². The molecule has 9 nitrogen and oxygen atoms in total. The molecule has 1 heterocycles. The maximum atomic E-state index is 15.1. The van der Waals surface area contributed by atoms with Crippen molar-refractivity contribution in [3.05, 3.63) is 64.4 Å². The molecule has 220 valence electrons. The van der Waals surface area contributed by atoms with E-state index in [1.807, 2.05) is 20.8 Å². The lowest BCUT2D eigenvalue weighted by Crippen LogP contribution is -2.58. The van der Waals surface area contributed by atoms with Crippen molar-refractivity contribution >= 4 is 39.3 Å². The first-order chi connectivity index (χ1) is 18.8. The number of carbonyl (C=O) groups excluding carboxylic acids is 2. The maximum Gasteiger partial charge on any atom is 0.407 e. The number of methoxy groups -OCH3 is 1. The molecule has 2 aromatic carbocycles. The van der Waals surface area contributed by atoms with E-state index in [9.17, 15) is 18.0 Å². The maximum absolute atomic E-state index is 15.1. The number of alkyl carbamates (subject to hydrolysis) is 1. The van der Waals surface area contributed by atoms with Crippen molar-refractivity contribution in [2.45, 2.75) is 57.7 Å². The summed E-state index contributed by atoms with van der Waals surface area (Å²) in [6.45, 7) is 6.66. The van der Waals surface area contributed by atoms with Crippen molar-refractivity contribution in [2.24, 2.45) is 5.92 Å². The quantitative estimate of drug-likeness (QED) is 0.380. The predicted octanol–water partition coefficient (Wildman–Crippen LogP) is 4.14. The predicted molar refractivity (Wildman–Crippen MR) is 155 cm³/mol. The molecule has 0 bridgehead atoms. The van der Waals surface area contributed by atoms with Crippen LogP contribution in [0.25, 0.3) is 0 Å². The fourth-order valence-corrected chi connectivity index (χ4v) is 7.00. The van der Waals surface area contributed by atoms with Crippen LogP contribution in [0.1, 0.15) is 44.2 Å². The number of nitrogens with zero attached hydrogens (tertiary/aromatic N) is 1. The first kappa shape index (κ1) is 31.8. The van der Waals surface area contributed by atoms with Gasteiger partial charge in [0.25, 0.3) is 0 Å². The zero-order chi connectivity index (χ0) is 29.6. The lowest BCUT2D eigenvalue weighted by Gasteiger charge is -2.39. The van der Waals surface area contributed by atoms with Crippen LogP contribution >= 0.6 is 11.6 Å². The smallest absolute Gasteiger partial charge is 0.407 e. The second kappa shape index (κ2) is 13.8. The Kier molecular flexibility index (Phi) is 10.9. The number of anilines is 1. The number of ether oxygens (including phenoxy) is 1. The third-order valence-electron chi connectivity index (χ3n) is 7.17. The highest BCUT2D eigenvalue weighted by Crippen LogP contribution is 2.31. The lowest BCUT2D eigenvalue weighted by molar-refractivity contribution is -0.118. The summed E-state index contributed by atoms with van der Waals surface area (Å²) in [6, 6.07) is 9.75. The largest absolute Gasteiger partial charge is 0.453 e. The van der Waals surface area contributed by atoms with Crippen LogP contribution in [-0.4, -0.2) is 69.3 Å². The normalized spacial score (nSPS) is 19.6. The number of benzene rings is 2. The van der Waals surface area contributed by atoms with Gasteiger partial charge in [-0.3, -0.25) is 4.79 Å². The number of nitrogens with one attached hydrogen (secondary N) is 3. The molecule has 0 spiro atoms. The van der Waals surface area contributed by atoms with Gasteiger partial charge in [-0.25, -0.2) is 17.6 Å². The van der Waals surface area contributed by atoms with Gasteiger partial charge in [0.1, 0.15) is 11.9 Å². The van der Waals surface area contributed by atoms with Crippen molar-refractivity contribution in [1.82, 2.24) is 14.9 Å². The lowest BCUT2D eigenvalue weighted by atomic mass is 9.82. The standard InChI is InChI=1S/C28H38ClFN4O5S/c1-17(2)25(19-9-11-20(29)12-10-19)26(33-28(36)39-4)27(35)32-24-8-6-7-23(30)22(24)14-13-21-16-31-15-18(3)34(21)40(5,37)38/h6-12,17-18,21,25-26,31H,13-16H2,1-5H3,(H,32,35)(H,33,36)/t18-,21-,25?,26-/m0/s1. The Morgan fingerprint density at radius 3 is 2.45 bits per heavy atom. The molecule has 4 atom stereocenters. The van der Waals surface area contributed by atoms with E-state index < -0.39 is 39.8 Å². The minimum atomic E-state index is -3.47. The molecule has 0 radical (unpaired) electrons. The number of halogens is 2. The van der Waals surface area contributed by atoms with Crippen LogP contribution in [0.4, 0.5) is 14.9 Å². The second-order valence-electron chi connectivity index (χ2n) is 10.5. The molecule has 1 fully saturated rings. The Labute approximate surface area is 240 Å². The number of hydrogen-bond donors (Lipinski definition) is 3. The Bertz CT molecular complexity index is 1290. The van der Waals surface area contributed by atoms with Gasteiger partial charge in [0.05, 0.1) is 13.4 Å². The van der Waals surface area contributed by atoms with E-state index in [0.29, 0.717) is 24.5 Å². The van der Waals surface area contributed by atoms with E-state index in [0.717, 1.165) is 5.56 Å². The monoisotopic (exact) mass is 596 g/mol. The third-order valence-corrected chi connectivity index (χ3v) is 8.85. The molecule has 12 heteroatoms. The Hall–Kier alpha value is -2.73. The minimum absolute atomic E-state index is 0.0798. The number of carbonyl (C=O) groups is 2. The Balaban J connectivity index is 1.89. The summed E-state index contributed by atoms with van der Waals surface area (Å²) in [4.78, 5) is 26.0. The zero-order valence-corrected chi connectivity index (χ0v) is 25.0. The summed E-state index contributed by atoms with van der Waals surface area (Å²) < 4.78 is 46.3. The van der Waals surface area contributed by atoms with Crippen molar-refractivity contribution in [1.29, 1.82) is 0 Å². The molecule has 1 aliphatic heterocycles. The van der Waals surface area contributed by atoms with Gasteiger partial charge in [-0.05, 0) is 55.5 Å².